The first-order chi connectivity index (χ1) is 12.7. The molecule has 1 aliphatic rings. The van der Waals surface area contributed by atoms with Crippen LogP contribution in [-0.2, 0) is 6.42 Å². The molecule has 0 bridgehead atoms. The molecule has 1 N–H and O–H groups in total. The van der Waals surface area contributed by atoms with Crippen molar-refractivity contribution in [3.63, 3.8) is 0 Å². The quantitative estimate of drug-likeness (QED) is 0.744. The number of rotatable bonds is 4. The highest BCUT2D eigenvalue weighted by atomic mass is 35.5. The lowest BCUT2D eigenvalue weighted by molar-refractivity contribution is 0.523. The van der Waals surface area contributed by atoms with Gasteiger partial charge >= 0.3 is 0 Å². The van der Waals surface area contributed by atoms with E-state index in [1.54, 1.807) is 6.33 Å². The number of anilines is 2. The van der Waals surface area contributed by atoms with Gasteiger partial charge in [0.15, 0.2) is 0 Å². The number of pyridine rings is 1. The Morgan fingerprint density at radius 2 is 1.96 bits per heavy atom. The highest BCUT2D eigenvalue weighted by Crippen LogP contribution is 2.27. The molecule has 1 saturated heterocycles. The first-order valence-electron chi connectivity index (χ1n) is 9.09. The van der Waals surface area contributed by atoms with Crippen LogP contribution in [0.15, 0.2) is 42.9 Å². The maximum Gasteiger partial charge on any atom is 0.132 e. The third-order valence-corrected chi connectivity index (χ3v) is 5.19. The number of nitrogens with zero attached hydrogens (tertiary/aromatic N) is 4. The van der Waals surface area contributed by atoms with E-state index >= 15 is 0 Å². The summed E-state index contributed by atoms with van der Waals surface area (Å²) in [6.07, 6.45) is 6.59. The number of halogens is 1. The molecule has 0 saturated carbocycles. The lowest BCUT2D eigenvalue weighted by Crippen LogP contribution is -2.39. The summed E-state index contributed by atoms with van der Waals surface area (Å²) in [6.45, 7) is 4.09. The van der Waals surface area contributed by atoms with Crippen LogP contribution in [0.1, 0.15) is 25.5 Å². The van der Waals surface area contributed by atoms with Crippen molar-refractivity contribution >= 4 is 34.0 Å². The smallest absolute Gasteiger partial charge is 0.132 e. The summed E-state index contributed by atoms with van der Waals surface area (Å²) in [5.74, 6) is 1.04. The minimum absolute atomic E-state index is 0.434. The van der Waals surface area contributed by atoms with Crippen molar-refractivity contribution in [1.29, 1.82) is 0 Å². The van der Waals surface area contributed by atoms with Crippen LogP contribution in [0.5, 0.6) is 0 Å². The molecule has 1 aromatic carbocycles. The maximum absolute atomic E-state index is 6.17. The number of hydrogen-bond donors (Lipinski definition) is 1. The molecule has 6 heteroatoms. The van der Waals surface area contributed by atoms with E-state index in [1.165, 1.54) is 0 Å². The van der Waals surface area contributed by atoms with Crippen LogP contribution in [0.2, 0.25) is 5.02 Å². The van der Waals surface area contributed by atoms with Crippen molar-refractivity contribution < 1.29 is 0 Å². The van der Waals surface area contributed by atoms with E-state index in [4.69, 9.17) is 11.6 Å². The van der Waals surface area contributed by atoms with Crippen molar-refractivity contribution in [3.8, 4) is 0 Å². The van der Waals surface area contributed by atoms with Gasteiger partial charge in [0.25, 0.3) is 0 Å². The van der Waals surface area contributed by atoms with Gasteiger partial charge in [-0.05, 0) is 43.5 Å². The second-order valence-electron chi connectivity index (χ2n) is 6.65. The maximum atomic E-state index is 6.17. The molecule has 0 aliphatic carbocycles. The van der Waals surface area contributed by atoms with E-state index in [0.29, 0.717) is 6.04 Å². The number of aromatic nitrogens is 3. The fourth-order valence-electron chi connectivity index (χ4n) is 3.47. The Balaban J connectivity index is 1.45. The van der Waals surface area contributed by atoms with Gasteiger partial charge < -0.3 is 10.2 Å². The third kappa shape index (κ3) is 3.58. The van der Waals surface area contributed by atoms with E-state index < -0.39 is 0 Å². The summed E-state index contributed by atoms with van der Waals surface area (Å²) < 4.78 is 0. The zero-order chi connectivity index (χ0) is 17.9. The molecular formula is C20H22ClN5. The molecule has 0 atom stereocenters. The first-order valence-corrected chi connectivity index (χ1v) is 9.47. The Morgan fingerprint density at radius 1 is 1.12 bits per heavy atom. The van der Waals surface area contributed by atoms with Crippen LogP contribution < -0.4 is 10.2 Å². The Kier molecular flexibility index (Phi) is 4.89. The van der Waals surface area contributed by atoms with Crippen LogP contribution in [0.3, 0.4) is 0 Å². The average molecular weight is 368 g/mol. The molecule has 2 aromatic heterocycles. The Hall–Kier alpha value is -2.40. The zero-order valence-electron chi connectivity index (χ0n) is 14.8. The van der Waals surface area contributed by atoms with Gasteiger partial charge in [-0.1, -0.05) is 18.5 Å². The van der Waals surface area contributed by atoms with Gasteiger partial charge in [-0.2, -0.15) is 0 Å². The van der Waals surface area contributed by atoms with Crippen molar-refractivity contribution in [1.82, 2.24) is 15.0 Å². The van der Waals surface area contributed by atoms with Crippen LogP contribution in [0, 0.1) is 0 Å². The number of fused-ring (bicyclic) bond motifs is 1. The number of hydrogen-bond acceptors (Lipinski definition) is 5. The summed E-state index contributed by atoms with van der Waals surface area (Å²) in [4.78, 5) is 15.5. The van der Waals surface area contributed by atoms with E-state index in [0.717, 1.165) is 65.5 Å². The van der Waals surface area contributed by atoms with Crippen molar-refractivity contribution in [3.05, 3.63) is 53.6 Å². The average Bonchev–Trinajstić information content (AvgIpc) is 2.69. The van der Waals surface area contributed by atoms with Crippen molar-refractivity contribution in [2.24, 2.45) is 0 Å². The lowest BCUT2D eigenvalue weighted by atomic mass is 10.0. The highest BCUT2D eigenvalue weighted by molar-refractivity contribution is 6.31. The Bertz CT molecular complexity index is 906. The Labute approximate surface area is 158 Å². The number of piperidine rings is 1. The normalized spacial score (nSPS) is 15.4. The molecule has 0 unspecified atom stereocenters. The van der Waals surface area contributed by atoms with Gasteiger partial charge in [-0.25, -0.2) is 9.97 Å². The number of benzene rings is 1. The first kappa shape index (κ1) is 17.0. The topological polar surface area (TPSA) is 53.9 Å². The summed E-state index contributed by atoms with van der Waals surface area (Å²) >= 11 is 6.17. The van der Waals surface area contributed by atoms with E-state index in [9.17, 15) is 0 Å². The van der Waals surface area contributed by atoms with Gasteiger partial charge in [0, 0.05) is 53.2 Å². The monoisotopic (exact) mass is 367 g/mol. The lowest BCUT2D eigenvalue weighted by Gasteiger charge is -2.33. The van der Waals surface area contributed by atoms with Crippen LogP contribution >= 0.6 is 11.6 Å². The van der Waals surface area contributed by atoms with Crippen molar-refractivity contribution in [2.45, 2.75) is 32.2 Å². The van der Waals surface area contributed by atoms with Crippen molar-refractivity contribution in [2.75, 3.05) is 23.3 Å². The summed E-state index contributed by atoms with van der Waals surface area (Å²) in [5.41, 5.74) is 3.16. The molecule has 5 nitrogen and oxygen atoms in total. The van der Waals surface area contributed by atoms with Crippen LogP contribution in [-0.4, -0.2) is 34.1 Å². The molecule has 0 amide bonds. The van der Waals surface area contributed by atoms with Gasteiger partial charge in [-0.3, -0.25) is 4.98 Å². The molecule has 3 heterocycles. The summed E-state index contributed by atoms with van der Waals surface area (Å²) in [5, 5.41) is 5.50. The Morgan fingerprint density at radius 3 is 2.77 bits per heavy atom. The molecular weight excluding hydrogens is 346 g/mol. The predicted octanol–water partition coefficient (Wildman–Crippen LogP) is 4.32. The largest absolute Gasteiger partial charge is 0.382 e. The fraction of sp³-hybridized carbons (Fsp3) is 0.350. The predicted molar refractivity (Wildman–Crippen MR) is 107 cm³/mol. The summed E-state index contributed by atoms with van der Waals surface area (Å²) in [6, 6.07) is 10.4. The van der Waals surface area contributed by atoms with E-state index in [-0.39, 0.29) is 0 Å². The molecule has 134 valence electrons. The molecule has 1 aliphatic heterocycles. The van der Waals surface area contributed by atoms with E-state index in [2.05, 4.69) is 38.2 Å². The zero-order valence-corrected chi connectivity index (χ0v) is 15.6. The van der Waals surface area contributed by atoms with Gasteiger partial charge in [0.05, 0.1) is 5.52 Å². The van der Waals surface area contributed by atoms with Gasteiger partial charge in [0.2, 0.25) is 0 Å². The molecule has 4 rings (SSSR count). The fourth-order valence-corrected chi connectivity index (χ4v) is 3.64. The SMILES string of the molecule is CCc1cc(N2CCC(Nc3ccnc4ccc(Cl)cc34)CC2)ncn1. The highest BCUT2D eigenvalue weighted by Gasteiger charge is 2.21. The molecule has 0 spiro atoms. The second-order valence-corrected chi connectivity index (χ2v) is 7.08. The minimum atomic E-state index is 0.434. The molecule has 1 fully saturated rings. The number of aryl methyl sites for hydroxylation is 1. The molecule has 26 heavy (non-hydrogen) atoms. The summed E-state index contributed by atoms with van der Waals surface area (Å²) in [7, 11) is 0. The van der Waals surface area contributed by atoms with Gasteiger partial charge in [-0.15, -0.1) is 0 Å². The van der Waals surface area contributed by atoms with E-state index in [1.807, 2.05) is 30.5 Å². The van der Waals surface area contributed by atoms with Gasteiger partial charge in [0.1, 0.15) is 12.1 Å². The number of nitrogens with one attached hydrogen (secondary N) is 1. The minimum Gasteiger partial charge on any atom is -0.382 e. The van der Waals surface area contributed by atoms with Crippen LogP contribution in [0.4, 0.5) is 11.5 Å². The standard InChI is InChI=1S/C20H22ClN5/c1-2-15-12-20(24-13-23-15)26-9-6-16(7-10-26)25-19-5-8-22-18-4-3-14(21)11-17(18)19/h3-5,8,11-13,16H,2,6-7,9-10H2,1H3,(H,22,25). The molecule has 0 radical (unpaired) electrons. The molecule has 3 aromatic rings. The second kappa shape index (κ2) is 7.46. The van der Waals surface area contributed by atoms with Crippen LogP contribution in [0.25, 0.3) is 10.9 Å². The third-order valence-electron chi connectivity index (χ3n) is 4.95.